The summed E-state index contributed by atoms with van der Waals surface area (Å²) in [6.07, 6.45) is 0.425. The van der Waals surface area contributed by atoms with E-state index in [-0.39, 0.29) is 5.91 Å². The first-order valence-corrected chi connectivity index (χ1v) is 7.38. The number of hydrogen-bond donors (Lipinski definition) is 2. The van der Waals surface area contributed by atoms with E-state index < -0.39 is 0 Å². The van der Waals surface area contributed by atoms with Gasteiger partial charge >= 0.3 is 0 Å². The number of rotatable bonds is 8. The van der Waals surface area contributed by atoms with Crippen molar-refractivity contribution in [2.75, 3.05) is 40.9 Å². The number of carbonyl (C=O) groups excluding carboxylic acids is 1. The molecule has 0 spiro atoms. The van der Waals surface area contributed by atoms with E-state index in [0.717, 1.165) is 5.56 Å². The smallest absolute Gasteiger partial charge is 0.224 e. The van der Waals surface area contributed by atoms with Crippen molar-refractivity contribution in [1.82, 2.24) is 15.5 Å². The van der Waals surface area contributed by atoms with Crippen LogP contribution in [0.1, 0.15) is 12.0 Å². The number of guanidine groups is 1. The zero-order valence-electron chi connectivity index (χ0n) is 13.6. The summed E-state index contributed by atoms with van der Waals surface area (Å²) in [5, 5.41) is 6.22. The molecule has 0 aliphatic carbocycles. The van der Waals surface area contributed by atoms with Gasteiger partial charge in [-0.1, -0.05) is 30.3 Å². The molecule has 0 aliphatic heterocycles. The van der Waals surface area contributed by atoms with Crippen molar-refractivity contribution in [3.63, 3.8) is 0 Å². The van der Waals surface area contributed by atoms with Crippen molar-refractivity contribution in [3.05, 3.63) is 35.9 Å². The fourth-order valence-corrected chi connectivity index (χ4v) is 1.92. The Morgan fingerprint density at radius 3 is 2.55 bits per heavy atom. The number of carbonyl (C=O) groups is 1. The van der Waals surface area contributed by atoms with Crippen LogP contribution in [0.5, 0.6) is 0 Å². The molecule has 0 unspecified atom stereocenters. The molecule has 1 rings (SSSR count). The van der Waals surface area contributed by atoms with Crippen molar-refractivity contribution in [2.45, 2.75) is 13.0 Å². The molecule has 22 heavy (non-hydrogen) atoms. The fraction of sp³-hybridized carbons (Fsp3) is 0.500. The number of ether oxygens (including phenoxy) is 1. The van der Waals surface area contributed by atoms with Crippen LogP contribution >= 0.6 is 0 Å². The van der Waals surface area contributed by atoms with Crippen LogP contribution in [-0.2, 0) is 16.1 Å². The Hall–Kier alpha value is -2.08. The number of benzene rings is 1. The highest BCUT2D eigenvalue weighted by atomic mass is 16.5. The lowest BCUT2D eigenvalue weighted by molar-refractivity contribution is -0.130. The topological polar surface area (TPSA) is 66.0 Å². The molecule has 1 amide bonds. The summed E-state index contributed by atoms with van der Waals surface area (Å²) in [6, 6.07) is 9.96. The second kappa shape index (κ2) is 10.6. The number of aliphatic imine (C=N–C) groups is 1. The molecule has 0 saturated carbocycles. The van der Waals surface area contributed by atoms with Gasteiger partial charge in [0.25, 0.3) is 0 Å². The molecule has 0 radical (unpaired) electrons. The van der Waals surface area contributed by atoms with Gasteiger partial charge in [0, 0.05) is 47.3 Å². The Balaban J connectivity index is 2.27. The predicted octanol–water partition coefficient (Wildman–Crippen LogP) is 0.847. The highest BCUT2D eigenvalue weighted by Gasteiger charge is 2.09. The maximum Gasteiger partial charge on any atom is 0.224 e. The zero-order chi connectivity index (χ0) is 16.2. The summed E-state index contributed by atoms with van der Waals surface area (Å²) in [7, 11) is 5.17. The van der Waals surface area contributed by atoms with E-state index in [1.54, 1.807) is 19.1 Å². The van der Waals surface area contributed by atoms with Crippen LogP contribution in [0, 0.1) is 0 Å². The van der Waals surface area contributed by atoms with Crippen molar-refractivity contribution >= 4 is 11.9 Å². The van der Waals surface area contributed by atoms with Crippen LogP contribution in [0.15, 0.2) is 35.3 Å². The molecule has 0 atom stereocenters. The van der Waals surface area contributed by atoms with E-state index >= 15 is 0 Å². The minimum Gasteiger partial charge on any atom is -0.383 e. The van der Waals surface area contributed by atoms with Crippen LogP contribution < -0.4 is 10.6 Å². The summed E-state index contributed by atoms with van der Waals surface area (Å²) in [4.78, 5) is 17.9. The predicted molar refractivity (Wildman–Crippen MR) is 88.8 cm³/mol. The number of hydrogen-bond acceptors (Lipinski definition) is 3. The summed E-state index contributed by atoms with van der Waals surface area (Å²) < 4.78 is 4.96. The molecule has 1 aromatic carbocycles. The third-order valence-electron chi connectivity index (χ3n) is 3.14. The second-order valence-corrected chi connectivity index (χ2v) is 4.90. The van der Waals surface area contributed by atoms with E-state index in [9.17, 15) is 4.79 Å². The highest BCUT2D eigenvalue weighted by Crippen LogP contribution is 2.03. The molecule has 0 aliphatic rings. The van der Waals surface area contributed by atoms with E-state index in [1.165, 1.54) is 0 Å². The lowest BCUT2D eigenvalue weighted by Crippen LogP contribution is -2.40. The van der Waals surface area contributed by atoms with Crippen molar-refractivity contribution in [1.29, 1.82) is 0 Å². The minimum absolute atomic E-state index is 0.101. The minimum atomic E-state index is 0.101. The molecule has 0 bridgehead atoms. The number of nitrogens with zero attached hydrogens (tertiary/aromatic N) is 2. The van der Waals surface area contributed by atoms with Gasteiger partial charge < -0.3 is 20.3 Å². The molecule has 1 aromatic rings. The second-order valence-electron chi connectivity index (χ2n) is 4.90. The van der Waals surface area contributed by atoms with Crippen LogP contribution in [0.3, 0.4) is 0 Å². The van der Waals surface area contributed by atoms with E-state index in [4.69, 9.17) is 4.74 Å². The molecule has 0 saturated heterocycles. The van der Waals surface area contributed by atoms with Crippen LogP contribution in [0.25, 0.3) is 0 Å². The average molecular weight is 306 g/mol. The van der Waals surface area contributed by atoms with Gasteiger partial charge in [0.05, 0.1) is 6.61 Å². The van der Waals surface area contributed by atoms with Gasteiger partial charge in [-0.3, -0.25) is 9.79 Å². The monoisotopic (exact) mass is 306 g/mol. The van der Waals surface area contributed by atoms with Crippen molar-refractivity contribution in [3.8, 4) is 0 Å². The molecule has 6 heteroatoms. The van der Waals surface area contributed by atoms with Gasteiger partial charge in [-0.05, 0) is 5.56 Å². The first-order chi connectivity index (χ1) is 10.7. The molecular formula is C16H26N4O2. The first kappa shape index (κ1) is 18.0. The third kappa shape index (κ3) is 7.08. The first-order valence-electron chi connectivity index (χ1n) is 7.38. The standard InChI is InChI=1S/C16H26N4O2/c1-17-16(19-11-12-22-3)18-10-9-15(21)20(2)13-14-7-5-4-6-8-14/h4-8H,9-13H2,1-3H3,(H2,17,18,19). The lowest BCUT2D eigenvalue weighted by atomic mass is 10.2. The summed E-state index contributed by atoms with van der Waals surface area (Å²) >= 11 is 0. The van der Waals surface area contributed by atoms with Gasteiger partial charge in [0.15, 0.2) is 5.96 Å². The number of nitrogens with one attached hydrogen (secondary N) is 2. The molecule has 0 aromatic heterocycles. The van der Waals surface area contributed by atoms with Crippen molar-refractivity contribution < 1.29 is 9.53 Å². The quantitative estimate of drug-likeness (QED) is 0.424. The van der Waals surface area contributed by atoms with E-state index in [1.807, 2.05) is 37.4 Å². The van der Waals surface area contributed by atoms with Gasteiger partial charge in [-0.25, -0.2) is 0 Å². The SMILES string of the molecule is CN=C(NCCOC)NCCC(=O)N(C)Cc1ccccc1. The van der Waals surface area contributed by atoms with Crippen LogP contribution in [0.2, 0.25) is 0 Å². The summed E-state index contributed by atoms with van der Waals surface area (Å²) in [5.41, 5.74) is 1.13. The summed E-state index contributed by atoms with van der Waals surface area (Å²) in [6.45, 7) is 2.46. The van der Waals surface area contributed by atoms with E-state index in [0.29, 0.717) is 38.6 Å². The van der Waals surface area contributed by atoms with Crippen molar-refractivity contribution in [2.24, 2.45) is 4.99 Å². The van der Waals surface area contributed by atoms with Gasteiger partial charge in [-0.2, -0.15) is 0 Å². The number of amides is 1. The normalized spacial score (nSPS) is 11.1. The van der Waals surface area contributed by atoms with Gasteiger partial charge in [-0.15, -0.1) is 0 Å². The molecule has 0 fully saturated rings. The molecular weight excluding hydrogens is 280 g/mol. The Morgan fingerprint density at radius 2 is 1.91 bits per heavy atom. The summed E-state index contributed by atoms with van der Waals surface area (Å²) in [5.74, 6) is 0.777. The van der Waals surface area contributed by atoms with Crippen LogP contribution in [-0.4, -0.2) is 57.7 Å². The molecule has 0 heterocycles. The Kier molecular flexibility index (Phi) is 8.67. The van der Waals surface area contributed by atoms with Gasteiger partial charge in [0.2, 0.25) is 5.91 Å². The van der Waals surface area contributed by atoms with Crippen LogP contribution in [0.4, 0.5) is 0 Å². The van der Waals surface area contributed by atoms with Gasteiger partial charge in [0.1, 0.15) is 0 Å². The Morgan fingerprint density at radius 1 is 1.23 bits per heavy atom. The third-order valence-corrected chi connectivity index (χ3v) is 3.14. The average Bonchev–Trinajstić information content (AvgIpc) is 2.54. The maximum absolute atomic E-state index is 12.1. The zero-order valence-corrected chi connectivity index (χ0v) is 13.6. The number of methoxy groups -OCH3 is 1. The Bertz CT molecular complexity index is 462. The lowest BCUT2D eigenvalue weighted by Gasteiger charge is -2.18. The molecule has 6 nitrogen and oxygen atoms in total. The fourth-order valence-electron chi connectivity index (χ4n) is 1.92. The van der Waals surface area contributed by atoms with E-state index in [2.05, 4.69) is 15.6 Å². The molecule has 2 N–H and O–H groups in total. The Labute approximate surface area is 132 Å². The highest BCUT2D eigenvalue weighted by molar-refractivity contribution is 5.81. The maximum atomic E-state index is 12.1. The molecule has 122 valence electrons. The largest absolute Gasteiger partial charge is 0.383 e.